The van der Waals surface area contributed by atoms with Crippen LogP contribution in [0.2, 0.25) is 0 Å². The number of nitrogens with one attached hydrogen (secondary N) is 1. The van der Waals surface area contributed by atoms with Crippen LogP contribution in [0.3, 0.4) is 0 Å². The van der Waals surface area contributed by atoms with Gasteiger partial charge in [-0.2, -0.15) is 12.7 Å². The molecule has 1 aromatic carbocycles. The second kappa shape index (κ2) is 7.00. The van der Waals surface area contributed by atoms with E-state index in [2.05, 4.69) is 25.4 Å². The zero-order valence-electron chi connectivity index (χ0n) is 10.9. The van der Waals surface area contributed by atoms with Crippen molar-refractivity contribution in [3.63, 3.8) is 0 Å². The highest BCUT2D eigenvalue weighted by molar-refractivity contribution is 9.10. The normalized spacial score (nSPS) is 11.4. The summed E-state index contributed by atoms with van der Waals surface area (Å²) in [7, 11) is -1.47. The molecular formula is C11H14BrFN2O4S. The Morgan fingerprint density at radius 1 is 1.50 bits per heavy atom. The number of benzene rings is 1. The van der Waals surface area contributed by atoms with Gasteiger partial charge >= 0.3 is 16.2 Å². The van der Waals surface area contributed by atoms with Crippen molar-refractivity contribution in [1.82, 2.24) is 4.31 Å². The average Bonchev–Trinajstić information content (AvgIpc) is 2.39. The molecule has 1 aromatic rings. The maximum Gasteiger partial charge on any atom is 0.306 e. The topological polar surface area (TPSA) is 75.7 Å². The molecule has 0 saturated heterocycles. The number of ether oxygens (including phenoxy) is 1. The summed E-state index contributed by atoms with van der Waals surface area (Å²) in [5.41, 5.74) is -0.183. The number of hydrogen-bond acceptors (Lipinski definition) is 4. The van der Waals surface area contributed by atoms with E-state index in [0.717, 1.165) is 10.4 Å². The molecular weight excluding hydrogens is 355 g/mol. The minimum absolute atomic E-state index is 0.0753. The van der Waals surface area contributed by atoms with E-state index in [1.807, 2.05) is 0 Å². The van der Waals surface area contributed by atoms with Crippen LogP contribution in [0, 0.1) is 5.82 Å². The lowest BCUT2D eigenvalue weighted by Crippen LogP contribution is -2.34. The number of para-hydroxylation sites is 1. The maximum absolute atomic E-state index is 13.6. The van der Waals surface area contributed by atoms with Gasteiger partial charge in [0, 0.05) is 18.1 Å². The van der Waals surface area contributed by atoms with Crippen LogP contribution in [-0.4, -0.2) is 39.4 Å². The monoisotopic (exact) mass is 368 g/mol. The van der Waals surface area contributed by atoms with E-state index in [-0.39, 0.29) is 23.1 Å². The Bertz CT molecular complexity index is 574. The summed E-state index contributed by atoms with van der Waals surface area (Å²) in [5.74, 6) is -1.23. The largest absolute Gasteiger partial charge is 0.469 e. The molecule has 0 heterocycles. The van der Waals surface area contributed by atoms with Crippen molar-refractivity contribution in [2.45, 2.75) is 6.42 Å². The Labute approximate surface area is 125 Å². The number of nitrogens with zero attached hydrogens (tertiary/aromatic N) is 1. The molecule has 0 saturated carbocycles. The predicted octanol–water partition coefficient (Wildman–Crippen LogP) is 1.74. The van der Waals surface area contributed by atoms with E-state index in [4.69, 9.17) is 0 Å². The van der Waals surface area contributed by atoms with Crippen LogP contribution in [0.4, 0.5) is 10.1 Å². The van der Waals surface area contributed by atoms with Crippen LogP contribution < -0.4 is 4.72 Å². The number of hydrogen-bond donors (Lipinski definition) is 1. The Kier molecular flexibility index (Phi) is 5.90. The van der Waals surface area contributed by atoms with Gasteiger partial charge < -0.3 is 4.74 Å². The lowest BCUT2D eigenvalue weighted by molar-refractivity contribution is -0.140. The third-order valence-electron chi connectivity index (χ3n) is 2.46. The molecule has 0 aliphatic carbocycles. The molecule has 0 aliphatic rings. The van der Waals surface area contributed by atoms with Gasteiger partial charge in [-0.3, -0.25) is 9.52 Å². The van der Waals surface area contributed by atoms with Crippen LogP contribution in [0.1, 0.15) is 6.42 Å². The number of methoxy groups -OCH3 is 1. The fourth-order valence-corrected chi connectivity index (χ4v) is 2.80. The predicted molar refractivity (Wildman–Crippen MR) is 75.9 cm³/mol. The molecule has 9 heteroatoms. The fourth-order valence-electron chi connectivity index (χ4n) is 1.27. The Balaban J connectivity index is 2.82. The van der Waals surface area contributed by atoms with Crippen molar-refractivity contribution in [3.8, 4) is 0 Å². The number of carbonyl (C=O) groups excluding carboxylic acids is 1. The van der Waals surface area contributed by atoms with Gasteiger partial charge in [0.1, 0.15) is 5.82 Å². The summed E-state index contributed by atoms with van der Waals surface area (Å²) in [4.78, 5) is 11.0. The SMILES string of the molecule is COC(=O)CCN(C)S(=O)(=O)Nc1c(F)cccc1Br. The summed E-state index contributed by atoms with van der Waals surface area (Å²) in [6, 6.07) is 4.09. The van der Waals surface area contributed by atoms with Gasteiger partial charge in [0.25, 0.3) is 0 Å². The third-order valence-corrected chi connectivity index (χ3v) is 4.59. The Hall–Kier alpha value is -1.19. The van der Waals surface area contributed by atoms with E-state index < -0.39 is 22.0 Å². The molecule has 0 unspecified atom stereocenters. The first-order chi connectivity index (χ1) is 9.27. The molecule has 0 aliphatic heterocycles. The van der Waals surface area contributed by atoms with Gasteiger partial charge in [-0.05, 0) is 28.1 Å². The maximum atomic E-state index is 13.6. The number of carbonyl (C=O) groups is 1. The molecule has 0 fully saturated rings. The molecule has 20 heavy (non-hydrogen) atoms. The van der Waals surface area contributed by atoms with Crippen LogP contribution in [0.25, 0.3) is 0 Å². The van der Waals surface area contributed by atoms with E-state index in [1.165, 1.54) is 26.3 Å². The lowest BCUT2D eigenvalue weighted by atomic mass is 10.3. The highest BCUT2D eigenvalue weighted by Gasteiger charge is 2.21. The van der Waals surface area contributed by atoms with Gasteiger partial charge in [0.2, 0.25) is 0 Å². The Morgan fingerprint density at radius 3 is 2.70 bits per heavy atom. The van der Waals surface area contributed by atoms with Crippen molar-refractivity contribution >= 4 is 37.8 Å². The summed E-state index contributed by atoms with van der Waals surface area (Å²) in [6.45, 7) is -0.0753. The molecule has 1 rings (SSSR count). The smallest absolute Gasteiger partial charge is 0.306 e. The first-order valence-electron chi connectivity index (χ1n) is 5.53. The van der Waals surface area contributed by atoms with Crippen molar-refractivity contribution in [2.75, 3.05) is 25.4 Å². The summed E-state index contributed by atoms with van der Waals surface area (Å²) < 4.78 is 45.3. The second-order valence-electron chi connectivity index (χ2n) is 3.85. The standard InChI is InChI=1S/C11H14BrFN2O4S/c1-15(7-6-10(16)19-2)20(17,18)14-11-8(12)4-3-5-9(11)13/h3-5,14H,6-7H2,1-2H3. The van der Waals surface area contributed by atoms with E-state index in [1.54, 1.807) is 0 Å². The van der Waals surface area contributed by atoms with Crippen LogP contribution in [0.15, 0.2) is 22.7 Å². The lowest BCUT2D eigenvalue weighted by Gasteiger charge is -2.18. The first-order valence-corrected chi connectivity index (χ1v) is 7.76. The summed E-state index contributed by atoms with van der Waals surface area (Å²) in [5, 5.41) is 0. The minimum Gasteiger partial charge on any atom is -0.469 e. The van der Waals surface area contributed by atoms with E-state index in [9.17, 15) is 17.6 Å². The molecule has 0 spiro atoms. The third kappa shape index (κ3) is 4.43. The van der Waals surface area contributed by atoms with Crippen molar-refractivity contribution in [2.24, 2.45) is 0 Å². The Morgan fingerprint density at radius 2 is 2.15 bits per heavy atom. The average molecular weight is 369 g/mol. The summed E-state index contributed by atoms with van der Waals surface area (Å²) in [6.07, 6.45) is -0.0909. The fraction of sp³-hybridized carbons (Fsp3) is 0.364. The number of halogens is 2. The second-order valence-corrected chi connectivity index (χ2v) is 6.48. The number of rotatable bonds is 6. The zero-order chi connectivity index (χ0) is 15.3. The highest BCUT2D eigenvalue weighted by atomic mass is 79.9. The quantitative estimate of drug-likeness (QED) is 0.776. The number of esters is 1. The van der Waals surface area contributed by atoms with Gasteiger partial charge in [-0.1, -0.05) is 6.07 Å². The van der Waals surface area contributed by atoms with Gasteiger partial charge in [0.05, 0.1) is 19.2 Å². The molecule has 112 valence electrons. The summed E-state index contributed by atoms with van der Waals surface area (Å²) >= 11 is 3.06. The van der Waals surface area contributed by atoms with E-state index >= 15 is 0 Å². The van der Waals surface area contributed by atoms with E-state index in [0.29, 0.717) is 0 Å². The molecule has 0 radical (unpaired) electrons. The molecule has 0 bridgehead atoms. The van der Waals surface area contributed by atoms with Crippen LogP contribution in [0.5, 0.6) is 0 Å². The van der Waals surface area contributed by atoms with Crippen molar-refractivity contribution in [3.05, 3.63) is 28.5 Å². The zero-order valence-corrected chi connectivity index (χ0v) is 13.3. The molecule has 0 amide bonds. The van der Waals surface area contributed by atoms with Crippen LogP contribution >= 0.6 is 15.9 Å². The molecule has 0 aromatic heterocycles. The van der Waals surface area contributed by atoms with Gasteiger partial charge in [-0.15, -0.1) is 0 Å². The first kappa shape index (κ1) is 16.9. The van der Waals surface area contributed by atoms with Gasteiger partial charge in [0.15, 0.2) is 0 Å². The molecule has 6 nitrogen and oxygen atoms in total. The highest BCUT2D eigenvalue weighted by Crippen LogP contribution is 2.26. The van der Waals surface area contributed by atoms with Crippen molar-refractivity contribution in [1.29, 1.82) is 0 Å². The molecule has 0 atom stereocenters. The number of anilines is 1. The van der Waals surface area contributed by atoms with Gasteiger partial charge in [-0.25, -0.2) is 4.39 Å². The minimum atomic E-state index is -3.96. The van der Waals surface area contributed by atoms with Crippen LogP contribution in [-0.2, 0) is 19.7 Å². The van der Waals surface area contributed by atoms with Crippen molar-refractivity contribution < 1.29 is 22.3 Å². The molecule has 1 N–H and O–H groups in total.